The zero-order chi connectivity index (χ0) is 23.7. The number of hydrogen-bond acceptors (Lipinski definition) is 7. The van der Waals surface area contributed by atoms with Gasteiger partial charge in [0.25, 0.3) is 11.1 Å². The highest BCUT2D eigenvalue weighted by Gasteiger charge is 2.25. The Labute approximate surface area is 200 Å². The van der Waals surface area contributed by atoms with Crippen molar-refractivity contribution in [2.75, 3.05) is 31.1 Å². The quantitative estimate of drug-likeness (QED) is 0.582. The summed E-state index contributed by atoms with van der Waals surface area (Å²) < 4.78 is 0. The van der Waals surface area contributed by atoms with E-state index in [-0.39, 0.29) is 17.1 Å². The Bertz CT molecular complexity index is 1340. The minimum Gasteiger partial charge on any atom is -0.353 e. The third-order valence-corrected chi connectivity index (χ3v) is 6.66. The first-order chi connectivity index (χ1) is 16.5. The van der Waals surface area contributed by atoms with E-state index in [1.165, 1.54) is 6.08 Å². The largest absolute Gasteiger partial charge is 0.353 e. The Balaban J connectivity index is 1.40. The normalized spacial score (nSPS) is 17.4. The van der Waals surface area contributed by atoms with E-state index in [0.717, 1.165) is 58.3 Å². The molecule has 2 fully saturated rings. The molecule has 8 nitrogen and oxygen atoms in total. The van der Waals surface area contributed by atoms with Crippen LogP contribution in [0.3, 0.4) is 0 Å². The number of benzene rings is 1. The third kappa shape index (κ3) is 4.29. The van der Waals surface area contributed by atoms with Crippen LogP contribution >= 0.6 is 11.8 Å². The molecule has 4 heterocycles. The molecule has 0 radical (unpaired) electrons. The number of nitrogens with zero attached hydrogens (tertiary/aromatic N) is 4. The van der Waals surface area contributed by atoms with Gasteiger partial charge in [-0.05, 0) is 65.4 Å². The van der Waals surface area contributed by atoms with Crippen molar-refractivity contribution in [3.63, 3.8) is 0 Å². The lowest BCUT2D eigenvalue weighted by Gasteiger charge is -2.34. The highest BCUT2D eigenvalue weighted by atomic mass is 32.2. The molecule has 1 N–H and O–H groups in total. The van der Waals surface area contributed by atoms with Gasteiger partial charge in [-0.1, -0.05) is 12.6 Å². The van der Waals surface area contributed by atoms with E-state index < -0.39 is 0 Å². The molecule has 2 aliphatic heterocycles. The van der Waals surface area contributed by atoms with Crippen LogP contribution in [0.4, 0.5) is 10.6 Å². The maximum Gasteiger partial charge on any atom is 0.290 e. The second-order valence-corrected chi connectivity index (χ2v) is 8.92. The maximum atomic E-state index is 11.9. The average molecular weight is 472 g/mol. The fourth-order valence-electron chi connectivity index (χ4n) is 4.10. The molecular formula is C25H21N5O3S. The van der Waals surface area contributed by atoms with E-state index >= 15 is 0 Å². The molecular weight excluding hydrogens is 450 g/mol. The van der Waals surface area contributed by atoms with Crippen LogP contribution < -0.4 is 10.2 Å². The summed E-state index contributed by atoms with van der Waals surface area (Å²) in [4.78, 5) is 48.6. The Hall–Kier alpha value is -3.98. The molecule has 0 bridgehead atoms. The van der Waals surface area contributed by atoms with Crippen molar-refractivity contribution in [1.82, 2.24) is 20.2 Å². The fraction of sp³-hybridized carbons (Fsp3) is 0.160. The number of imide groups is 1. The van der Waals surface area contributed by atoms with E-state index in [1.807, 2.05) is 42.6 Å². The van der Waals surface area contributed by atoms with E-state index in [4.69, 9.17) is 0 Å². The molecule has 0 unspecified atom stereocenters. The lowest BCUT2D eigenvalue weighted by atomic mass is 10.0. The number of amides is 3. The number of anilines is 1. The molecule has 3 amide bonds. The highest BCUT2D eigenvalue weighted by Crippen LogP contribution is 2.31. The Morgan fingerprint density at radius 3 is 2.56 bits per heavy atom. The molecule has 0 saturated carbocycles. The number of nitrogens with one attached hydrogen (secondary N) is 1. The molecule has 0 aliphatic carbocycles. The zero-order valence-electron chi connectivity index (χ0n) is 18.2. The second kappa shape index (κ2) is 9.11. The topological polar surface area (TPSA) is 95.5 Å². The molecule has 2 saturated heterocycles. The zero-order valence-corrected chi connectivity index (χ0v) is 19.0. The monoisotopic (exact) mass is 471 g/mol. The first-order valence-corrected chi connectivity index (χ1v) is 11.6. The van der Waals surface area contributed by atoms with Crippen molar-refractivity contribution < 1.29 is 14.4 Å². The lowest BCUT2D eigenvalue weighted by molar-refractivity contribution is -0.126. The number of pyridine rings is 2. The minimum atomic E-state index is -0.379. The molecule has 34 heavy (non-hydrogen) atoms. The first-order valence-electron chi connectivity index (χ1n) is 10.8. The van der Waals surface area contributed by atoms with Crippen LogP contribution in [0.1, 0.15) is 5.56 Å². The maximum absolute atomic E-state index is 11.9. The summed E-state index contributed by atoms with van der Waals surface area (Å²) in [7, 11) is 0. The SMILES string of the molecule is C=CC(=O)N1CCN(c2ccc(-c3ccnc4ccc(/C=C5/SC(=O)NC5=O)cc34)cn2)CC1. The van der Waals surface area contributed by atoms with Crippen LogP contribution in [0.25, 0.3) is 28.1 Å². The number of carbonyl (C=O) groups is 3. The van der Waals surface area contributed by atoms with Crippen LogP contribution in [0.15, 0.2) is 66.4 Å². The summed E-state index contributed by atoms with van der Waals surface area (Å²) >= 11 is 0.897. The summed E-state index contributed by atoms with van der Waals surface area (Å²) in [5.41, 5.74) is 3.56. The number of piperazine rings is 1. The summed E-state index contributed by atoms with van der Waals surface area (Å²) in [6, 6.07) is 11.7. The van der Waals surface area contributed by atoms with Crippen molar-refractivity contribution in [2.45, 2.75) is 0 Å². The molecule has 2 aromatic heterocycles. The van der Waals surface area contributed by atoms with Crippen LogP contribution in [-0.4, -0.2) is 58.1 Å². The number of aromatic nitrogens is 2. The smallest absolute Gasteiger partial charge is 0.290 e. The van der Waals surface area contributed by atoms with Gasteiger partial charge in [0.2, 0.25) is 5.91 Å². The van der Waals surface area contributed by atoms with E-state index in [0.29, 0.717) is 18.0 Å². The van der Waals surface area contributed by atoms with Gasteiger partial charge in [0.1, 0.15) is 5.82 Å². The molecule has 0 atom stereocenters. The second-order valence-electron chi connectivity index (χ2n) is 7.91. The number of carbonyl (C=O) groups excluding carboxylic acids is 3. The molecule has 0 spiro atoms. The van der Waals surface area contributed by atoms with Crippen LogP contribution in [-0.2, 0) is 9.59 Å². The Morgan fingerprint density at radius 2 is 1.88 bits per heavy atom. The van der Waals surface area contributed by atoms with Crippen molar-refractivity contribution >= 4 is 51.6 Å². The molecule has 3 aromatic rings. The number of thioether (sulfide) groups is 1. The van der Waals surface area contributed by atoms with Crippen molar-refractivity contribution in [2.24, 2.45) is 0 Å². The van der Waals surface area contributed by atoms with Gasteiger partial charge in [0.05, 0.1) is 10.4 Å². The Kier molecular flexibility index (Phi) is 5.85. The molecule has 1 aromatic carbocycles. The third-order valence-electron chi connectivity index (χ3n) is 5.85. The molecule has 5 rings (SSSR count). The predicted octanol–water partition coefficient (Wildman–Crippen LogP) is 3.46. The summed E-state index contributed by atoms with van der Waals surface area (Å²) in [5.74, 6) is 0.449. The predicted molar refractivity (Wildman–Crippen MR) is 133 cm³/mol. The van der Waals surface area contributed by atoms with Crippen molar-refractivity contribution in [1.29, 1.82) is 0 Å². The number of fused-ring (bicyclic) bond motifs is 1. The fourth-order valence-corrected chi connectivity index (χ4v) is 4.78. The minimum absolute atomic E-state index is 0.0405. The van der Waals surface area contributed by atoms with Gasteiger partial charge >= 0.3 is 0 Å². The standard InChI is InChI=1S/C25H21N5O3S/c1-2-23(31)30-11-9-29(10-12-30)22-6-4-17(15-27-22)18-7-8-26-20-5-3-16(13-19(18)20)14-21-24(32)28-25(33)34-21/h2-8,13-15H,1,9-12H2,(H,28,32,33)/b21-14+. The van der Waals surface area contributed by atoms with Gasteiger partial charge < -0.3 is 9.80 Å². The van der Waals surface area contributed by atoms with Crippen LogP contribution in [0, 0.1) is 0 Å². The number of rotatable bonds is 4. The van der Waals surface area contributed by atoms with Crippen LogP contribution in [0.5, 0.6) is 0 Å². The summed E-state index contributed by atoms with van der Waals surface area (Å²) in [6.07, 6.45) is 6.66. The van der Waals surface area contributed by atoms with Gasteiger partial charge in [-0.15, -0.1) is 0 Å². The van der Waals surface area contributed by atoms with Gasteiger partial charge in [-0.25, -0.2) is 4.98 Å². The first kappa shape index (κ1) is 21.8. The van der Waals surface area contributed by atoms with Crippen molar-refractivity contribution in [3.8, 4) is 11.1 Å². The van der Waals surface area contributed by atoms with Crippen molar-refractivity contribution in [3.05, 3.63) is 71.9 Å². The Morgan fingerprint density at radius 1 is 1.06 bits per heavy atom. The van der Waals surface area contributed by atoms with Gasteiger partial charge in [-0.3, -0.25) is 24.7 Å². The van der Waals surface area contributed by atoms with E-state index in [2.05, 4.69) is 26.8 Å². The average Bonchev–Trinajstić information content (AvgIpc) is 3.19. The number of hydrogen-bond donors (Lipinski definition) is 1. The highest BCUT2D eigenvalue weighted by molar-refractivity contribution is 8.18. The summed E-state index contributed by atoms with van der Waals surface area (Å²) in [5, 5.41) is 2.84. The van der Waals surface area contributed by atoms with Gasteiger partial charge in [-0.2, -0.15) is 0 Å². The summed E-state index contributed by atoms with van der Waals surface area (Å²) in [6.45, 7) is 6.27. The molecule has 9 heteroatoms. The van der Waals surface area contributed by atoms with Gasteiger partial charge in [0.15, 0.2) is 0 Å². The molecule has 170 valence electrons. The molecule has 2 aliphatic rings. The van der Waals surface area contributed by atoms with E-state index in [9.17, 15) is 14.4 Å². The van der Waals surface area contributed by atoms with E-state index in [1.54, 1.807) is 17.2 Å². The van der Waals surface area contributed by atoms with Crippen LogP contribution in [0.2, 0.25) is 0 Å². The van der Waals surface area contributed by atoms with Gasteiger partial charge in [0, 0.05) is 49.5 Å². The lowest BCUT2D eigenvalue weighted by Crippen LogP contribution is -2.48.